The Morgan fingerprint density at radius 2 is 1.80 bits per heavy atom. The van der Waals surface area contributed by atoms with Crippen molar-refractivity contribution in [3.63, 3.8) is 0 Å². The van der Waals surface area contributed by atoms with Crippen molar-refractivity contribution in [1.29, 1.82) is 0 Å². The van der Waals surface area contributed by atoms with Crippen LogP contribution >= 0.6 is 15.9 Å². The Labute approximate surface area is 161 Å². The predicted molar refractivity (Wildman–Crippen MR) is 103 cm³/mol. The third-order valence-electron chi connectivity index (χ3n) is 3.31. The van der Waals surface area contributed by atoms with Gasteiger partial charge in [0.15, 0.2) is 0 Å². The first-order valence-electron chi connectivity index (χ1n) is 8.01. The molecule has 7 heteroatoms. The topological polar surface area (TPSA) is 61.4 Å². The van der Waals surface area contributed by atoms with E-state index in [1.165, 1.54) is 6.07 Å². The minimum absolute atomic E-state index is 0.153. The summed E-state index contributed by atoms with van der Waals surface area (Å²) in [6.45, 7) is 12.4. The van der Waals surface area contributed by atoms with Gasteiger partial charge in [0.1, 0.15) is 16.2 Å². The number of hydrogen-bond acceptors (Lipinski definition) is 4. The second-order valence-corrected chi connectivity index (χ2v) is 11.1. The monoisotopic (exact) mass is 435 g/mol. The minimum atomic E-state index is -1.50. The molecule has 0 aliphatic heterocycles. The van der Waals surface area contributed by atoms with Crippen LogP contribution in [0.15, 0.2) is 22.7 Å². The molecule has 2 atom stereocenters. The largest absolute Gasteiger partial charge is 0.598 e. The lowest BCUT2D eigenvalue weighted by Gasteiger charge is -2.35. The number of benzene rings is 1. The molecule has 142 valence electrons. The highest BCUT2D eigenvalue weighted by molar-refractivity contribution is 9.10. The van der Waals surface area contributed by atoms with Gasteiger partial charge in [0.05, 0.1) is 12.0 Å². The summed E-state index contributed by atoms with van der Waals surface area (Å²) in [6, 6.07) is 4.48. The van der Waals surface area contributed by atoms with E-state index in [9.17, 15) is 13.7 Å². The molecule has 0 amide bonds. The number of halogens is 2. The van der Waals surface area contributed by atoms with E-state index >= 15 is 0 Å². The molecule has 1 rings (SSSR count). The SMILES string of the molecule is CC(C)(C)OC(=O)CC(C)(N[S@+]([O-])C(C)(C)C)c1cc(Br)ccc1F. The maximum atomic E-state index is 14.5. The summed E-state index contributed by atoms with van der Waals surface area (Å²) >= 11 is 1.82. The van der Waals surface area contributed by atoms with E-state index in [2.05, 4.69) is 20.7 Å². The van der Waals surface area contributed by atoms with E-state index in [1.807, 2.05) is 0 Å². The molecule has 0 spiro atoms. The molecule has 0 aliphatic carbocycles. The third-order valence-corrected chi connectivity index (χ3v) is 5.56. The van der Waals surface area contributed by atoms with Crippen LogP contribution in [0.25, 0.3) is 0 Å². The molecule has 1 aromatic rings. The van der Waals surface area contributed by atoms with Gasteiger partial charge in [-0.2, -0.15) is 0 Å². The van der Waals surface area contributed by atoms with Gasteiger partial charge in [-0.15, -0.1) is 4.72 Å². The fraction of sp³-hybridized carbons (Fsp3) is 0.611. The molecule has 25 heavy (non-hydrogen) atoms. The van der Waals surface area contributed by atoms with Crippen molar-refractivity contribution in [3.8, 4) is 0 Å². The smallest absolute Gasteiger partial charge is 0.308 e. The average Bonchev–Trinajstić information content (AvgIpc) is 2.37. The van der Waals surface area contributed by atoms with Crippen LogP contribution in [0.4, 0.5) is 4.39 Å². The van der Waals surface area contributed by atoms with Crippen LogP contribution in [0.5, 0.6) is 0 Å². The van der Waals surface area contributed by atoms with Crippen LogP contribution in [-0.2, 0) is 26.4 Å². The number of hydrogen-bond donors (Lipinski definition) is 1. The molecule has 1 N–H and O–H groups in total. The molecule has 0 saturated heterocycles. The van der Waals surface area contributed by atoms with Crippen LogP contribution in [0, 0.1) is 5.82 Å². The fourth-order valence-corrected chi connectivity index (χ4v) is 3.39. The minimum Gasteiger partial charge on any atom is -0.598 e. The van der Waals surface area contributed by atoms with E-state index in [0.29, 0.717) is 4.47 Å². The number of ether oxygens (including phenoxy) is 1. The average molecular weight is 436 g/mol. The van der Waals surface area contributed by atoms with E-state index in [4.69, 9.17) is 4.74 Å². The van der Waals surface area contributed by atoms with Crippen LogP contribution < -0.4 is 4.72 Å². The van der Waals surface area contributed by atoms with Gasteiger partial charge in [-0.25, -0.2) is 4.39 Å². The Morgan fingerprint density at radius 1 is 1.24 bits per heavy atom. The zero-order chi connectivity index (χ0) is 19.6. The lowest BCUT2D eigenvalue weighted by Crippen LogP contribution is -2.51. The standard InChI is InChI=1S/C18H27BrFNO3S/c1-16(2,3)24-15(22)11-18(7,21-25(23)17(4,5)6)13-10-12(19)8-9-14(13)20/h8-10,21H,11H2,1-7H3/t18?,25-/m1/s1. The Balaban J connectivity index is 3.26. The van der Waals surface area contributed by atoms with Gasteiger partial charge in [-0.3, -0.25) is 4.79 Å². The number of carbonyl (C=O) groups excluding carboxylic acids is 1. The second kappa shape index (κ2) is 7.94. The number of carbonyl (C=O) groups is 1. The Morgan fingerprint density at radius 3 is 2.28 bits per heavy atom. The molecule has 0 aromatic heterocycles. The lowest BCUT2D eigenvalue weighted by molar-refractivity contribution is -0.156. The Hall–Kier alpha value is -0.630. The number of rotatable bonds is 5. The zero-order valence-corrected chi connectivity index (χ0v) is 18.2. The quantitative estimate of drug-likeness (QED) is 0.542. The third kappa shape index (κ3) is 6.89. The maximum absolute atomic E-state index is 14.5. The summed E-state index contributed by atoms with van der Waals surface area (Å²) < 4.78 is 35.5. The molecule has 0 fully saturated rings. The molecule has 0 bridgehead atoms. The lowest BCUT2D eigenvalue weighted by atomic mass is 9.89. The summed E-state index contributed by atoms with van der Waals surface area (Å²) in [5.41, 5.74) is -1.59. The first-order valence-corrected chi connectivity index (χ1v) is 9.95. The van der Waals surface area contributed by atoms with Crippen LogP contribution in [0.2, 0.25) is 0 Å². The van der Waals surface area contributed by atoms with Crippen molar-refractivity contribution < 1.29 is 18.5 Å². The van der Waals surface area contributed by atoms with Crippen molar-refractivity contribution in [2.24, 2.45) is 0 Å². The van der Waals surface area contributed by atoms with Crippen molar-refractivity contribution in [1.82, 2.24) is 4.72 Å². The first kappa shape index (κ1) is 22.4. The normalized spacial score (nSPS) is 16.2. The highest BCUT2D eigenvalue weighted by Gasteiger charge is 2.41. The van der Waals surface area contributed by atoms with E-state index in [0.717, 1.165) is 0 Å². The van der Waals surface area contributed by atoms with Gasteiger partial charge < -0.3 is 9.29 Å². The van der Waals surface area contributed by atoms with Crippen molar-refractivity contribution in [2.45, 2.75) is 70.8 Å². The van der Waals surface area contributed by atoms with Gasteiger partial charge in [-0.05, 0) is 66.7 Å². The van der Waals surface area contributed by atoms with Crippen molar-refractivity contribution in [2.75, 3.05) is 0 Å². The van der Waals surface area contributed by atoms with Gasteiger partial charge in [-0.1, -0.05) is 15.9 Å². The van der Waals surface area contributed by atoms with Crippen LogP contribution in [0.1, 0.15) is 60.5 Å². The summed E-state index contributed by atoms with van der Waals surface area (Å²) in [5.74, 6) is -0.972. The molecule has 0 saturated carbocycles. The first-order chi connectivity index (χ1) is 11.1. The summed E-state index contributed by atoms with van der Waals surface area (Å²) in [5, 5.41) is 0. The predicted octanol–water partition coefficient (Wildman–Crippen LogP) is 4.59. The van der Waals surface area contributed by atoms with Gasteiger partial charge in [0.2, 0.25) is 0 Å². The summed E-state index contributed by atoms with van der Waals surface area (Å²) in [6.07, 6.45) is -0.153. The van der Waals surface area contributed by atoms with Gasteiger partial charge >= 0.3 is 5.97 Å². The highest BCUT2D eigenvalue weighted by Crippen LogP contribution is 2.33. The van der Waals surface area contributed by atoms with Crippen molar-refractivity contribution in [3.05, 3.63) is 34.1 Å². The molecule has 1 unspecified atom stereocenters. The van der Waals surface area contributed by atoms with Gasteiger partial charge in [0.25, 0.3) is 0 Å². The molecule has 1 aromatic carbocycles. The van der Waals surface area contributed by atoms with Crippen LogP contribution in [-0.4, -0.2) is 20.9 Å². The molecule has 0 heterocycles. The van der Waals surface area contributed by atoms with E-state index < -0.39 is 39.0 Å². The molecular formula is C18H27BrFNO3S. The summed E-state index contributed by atoms with van der Waals surface area (Å²) in [4.78, 5) is 12.4. The molecular weight excluding hydrogens is 409 g/mol. The Kier molecular flexibility index (Phi) is 7.12. The van der Waals surface area contributed by atoms with E-state index in [1.54, 1.807) is 60.6 Å². The number of nitrogens with one attached hydrogen (secondary N) is 1. The fourth-order valence-electron chi connectivity index (χ4n) is 2.13. The molecule has 0 radical (unpaired) electrons. The van der Waals surface area contributed by atoms with Gasteiger partial charge in [0, 0.05) is 21.4 Å². The second-order valence-electron chi connectivity index (χ2n) is 8.20. The van der Waals surface area contributed by atoms with Crippen LogP contribution in [0.3, 0.4) is 0 Å². The molecule has 4 nitrogen and oxygen atoms in total. The Bertz CT molecular complexity index is 628. The van der Waals surface area contributed by atoms with Crippen molar-refractivity contribution >= 4 is 33.3 Å². The zero-order valence-electron chi connectivity index (χ0n) is 15.8. The highest BCUT2D eigenvalue weighted by atomic mass is 79.9. The maximum Gasteiger partial charge on any atom is 0.308 e. The van der Waals surface area contributed by atoms with E-state index in [-0.39, 0.29) is 12.0 Å². The number of esters is 1. The summed E-state index contributed by atoms with van der Waals surface area (Å²) in [7, 11) is 0. The molecule has 0 aliphatic rings.